The van der Waals surface area contributed by atoms with E-state index in [2.05, 4.69) is 34.7 Å². The Morgan fingerprint density at radius 3 is 2.89 bits per heavy atom. The fourth-order valence-electron chi connectivity index (χ4n) is 1.79. The molecule has 0 aliphatic heterocycles. The monoisotopic (exact) mass is 262 g/mol. The molecule has 2 rings (SSSR count). The van der Waals surface area contributed by atoms with E-state index in [0.29, 0.717) is 0 Å². The second kappa shape index (κ2) is 5.98. The first kappa shape index (κ1) is 13.1. The summed E-state index contributed by atoms with van der Waals surface area (Å²) in [6.45, 7) is 5.96. The number of rotatable bonds is 5. The number of nitrogens with one attached hydrogen (secondary N) is 1. The van der Waals surface area contributed by atoms with Crippen molar-refractivity contribution < 1.29 is 4.74 Å². The number of thiazole rings is 1. The molecule has 0 aliphatic carbocycles. The molecular formula is C14H18N2OS. The molecule has 0 unspecified atom stereocenters. The van der Waals surface area contributed by atoms with Crippen LogP contribution in [0.15, 0.2) is 23.6 Å². The fourth-order valence-corrected chi connectivity index (χ4v) is 2.57. The normalized spacial score (nSPS) is 10.6. The summed E-state index contributed by atoms with van der Waals surface area (Å²) in [4.78, 5) is 4.63. The largest absolute Gasteiger partial charge is 0.496 e. The lowest BCUT2D eigenvalue weighted by atomic mass is 10.1. The summed E-state index contributed by atoms with van der Waals surface area (Å²) < 4.78 is 5.27. The number of methoxy groups -OCH3 is 1. The first-order valence-electron chi connectivity index (χ1n) is 6.04. The lowest BCUT2D eigenvalue weighted by Gasteiger charge is -2.05. The van der Waals surface area contributed by atoms with Gasteiger partial charge >= 0.3 is 0 Å². The van der Waals surface area contributed by atoms with E-state index in [1.54, 1.807) is 18.4 Å². The Morgan fingerprint density at radius 1 is 1.39 bits per heavy atom. The Kier molecular flexibility index (Phi) is 4.33. The molecule has 0 saturated carbocycles. The maximum absolute atomic E-state index is 5.27. The van der Waals surface area contributed by atoms with E-state index < -0.39 is 0 Å². The number of benzene rings is 1. The summed E-state index contributed by atoms with van der Waals surface area (Å²) in [6.07, 6.45) is 0. The topological polar surface area (TPSA) is 34.2 Å². The summed E-state index contributed by atoms with van der Waals surface area (Å²) >= 11 is 1.70. The quantitative estimate of drug-likeness (QED) is 0.898. The van der Waals surface area contributed by atoms with Crippen LogP contribution in [0.3, 0.4) is 0 Å². The Morgan fingerprint density at radius 2 is 2.22 bits per heavy atom. The van der Waals surface area contributed by atoms with E-state index in [4.69, 9.17) is 4.74 Å². The van der Waals surface area contributed by atoms with Crippen LogP contribution in [0.1, 0.15) is 17.5 Å². The second-order valence-corrected chi connectivity index (χ2v) is 5.03. The van der Waals surface area contributed by atoms with Crippen LogP contribution in [-0.4, -0.2) is 18.6 Å². The SMILES string of the molecule is CCNCc1nc(-c2ccc(OC)c(C)c2)cs1. The highest BCUT2D eigenvalue weighted by molar-refractivity contribution is 7.09. The molecule has 0 saturated heterocycles. The van der Waals surface area contributed by atoms with Crippen LogP contribution in [0.2, 0.25) is 0 Å². The smallest absolute Gasteiger partial charge is 0.121 e. The maximum Gasteiger partial charge on any atom is 0.121 e. The van der Waals surface area contributed by atoms with Crippen LogP contribution in [0.25, 0.3) is 11.3 Å². The summed E-state index contributed by atoms with van der Waals surface area (Å²) in [5.74, 6) is 0.918. The van der Waals surface area contributed by atoms with Gasteiger partial charge in [-0.05, 0) is 37.2 Å². The van der Waals surface area contributed by atoms with Gasteiger partial charge in [0.15, 0.2) is 0 Å². The van der Waals surface area contributed by atoms with Crippen molar-refractivity contribution in [2.45, 2.75) is 20.4 Å². The van der Waals surface area contributed by atoms with Crippen LogP contribution in [0, 0.1) is 6.92 Å². The van der Waals surface area contributed by atoms with Crippen molar-refractivity contribution >= 4 is 11.3 Å². The van der Waals surface area contributed by atoms with Gasteiger partial charge in [0.2, 0.25) is 0 Å². The van der Waals surface area contributed by atoms with Crippen molar-refractivity contribution in [1.82, 2.24) is 10.3 Å². The summed E-state index contributed by atoms with van der Waals surface area (Å²) in [5.41, 5.74) is 3.32. The fraction of sp³-hybridized carbons (Fsp3) is 0.357. The van der Waals surface area contributed by atoms with Gasteiger partial charge in [-0.3, -0.25) is 0 Å². The molecule has 1 N–H and O–H groups in total. The molecule has 0 atom stereocenters. The molecule has 0 amide bonds. The van der Waals surface area contributed by atoms with Gasteiger partial charge in [-0.1, -0.05) is 6.92 Å². The Labute approximate surface area is 112 Å². The Bertz CT molecular complexity index is 522. The number of nitrogens with zero attached hydrogens (tertiary/aromatic N) is 1. The minimum Gasteiger partial charge on any atom is -0.496 e. The molecule has 0 radical (unpaired) electrons. The van der Waals surface area contributed by atoms with Crippen LogP contribution in [-0.2, 0) is 6.54 Å². The highest BCUT2D eigenvalue weighted by Gasteiger charge is 2.06. The second-order valence-electron chi connectivity index (χ2n) is 4.09. The van der Waals surface area contributed by atoms with E-state index in [0.717, 1.165) is 40.7 Å². The molecule has 1 aromatic heterocycles. The molecule has 96 valence electrons. The Balaban J connectivity index is 2.20. The Hall–Kier alpha value is -1.39. The first-order chi connectivity index (χ1) is 8.74. The van der Waals surface area contributed by atoms with Crippen molar-refractivity contribution in [3.05, 3.63) is 34.2 Å². The number of aromatic nitrogens is 1. The maximum atomic E-state index is 5.27. The standard InChI is InChI=1S/C14H18N2OS/c1-4-15-8-14-16-12(9-18-14)11-5-6-13(17-3)10(2)7-11/h5-7,9,15H,4,8H2,1-3H3. The molecule has 0 bridgehead atoms. The molecule has 0 fully saturated rings. The van der Waals surface area contributed by atoms with Gasteiger partial charge in [-0.2, -0.15) is 0 Å². The number of hydrogen-bond donors (Lipinski definition) is 1. The number of hydrogen-bond acceptors (Lipinski definition) is 4. The number of aryl methyl sites for hydroxylation is 1. The van der Waals surface area contributed by atoms with Crippen LogP contribution < -0.4 is 10.1 Å². The summed E-state index contributed by atoms with van der Waals surface area (Å²) in [5, 5.41) is 6.52. The van der Waals surface area contributed by atoms with E-state index in [-0.39, 0.29) is 0 Å². The summed E-state index contributed by atoms with van der Waals surface area (Å²) in [7, 11) is 1.69. The lowest BCUT2D eigenvalue weighted by Crippen LogP contribution is -2.11. The average molecular weight is 262 g/mol. The van der Waals surface area contributed by atoms with Crippen molar-refractivity contribution in [2.24, 2.45) is 0 Å². The van der Waals surface area contributed by atoms with Gasteiger partial charge in [-0.15, -0.1) is 11.3 Å². The van der Waals surface area contributed by atoms with E-state index >= 15 is 0 Å². The van der Waals surface area contributed by atoms with Crippen molar-refractivity contribution in [2.75, 3.05) is 13.7 Å². The minimum atomic E-state index is 0.844. The zero-order valence-electron chi connectivity index (χ0n) is 11.0. The number of ether oxygens (including phenoxy) is 1. The van der Waals surface area contributed by atoms with Crippen LogP contribution in [0.5, 0.6) is 5.75 Å². The molecule has 1 aromatic carbocycles. The van der Waals surface area contributed by atoms with E-state index in [1.807, 2.05) is 13.0 Å². The lowest BCUT2D eigenvalue weighted by molar-refractivity contribution is 0.412. The van der Waals surface area contributed by atoms with Gasteiger partial charge in [0.05, 0.1) is 12.8 Å². The molecule has 4 heteroatoms. The minimum absolute atomic E-state index is 0.844. The molecule has 0 spiro atoms. The zero-order valence-corrected chi connectivity index (χ0v) is 11.8. The van der Waals surface area contributed by atoms with Gasteiger partial charge < -0.3 is 10.1 Å². The van der Waals surface area contributed by atoms with Crippen molar-refractivity contribution in [3.63, 3.8) is 0 Å². The molecular weight excluding hydrogens is 244 g/mol. The highest BCUT2D eigenvalue weighted by atomic mass is 32.1. The van der Waals surface area contributed by atoms with Gasteiger partial charge in [-0.25, -0.2) is 4.98 Å². The summed E-state index contributed by atoms with van der Waals surface area (Å²) in [6, 6.07) is 6.16. The first-order valence-corrected chi connectivity index (χ1v) is 6.92. The average Bonchev–Trinajstić information content (AvgIpc) is 2.85. The molecule has 1 heterocycles. The van der Waals surface area contributed by atoms with Crippen molar-refractivity contribution in [3.8, 4) is 17.0 Å². The molecule has 3 nitrogen and oxygen atoms in total. The van der Waals surface area contributed by atoms with Crippen molar-refractivity contribution in [1.29, 1.82) is 0 Å². The molecule has 18 heavy (non-hydrogen) atoms. The van der Waals surface area contributed by atoms with Gasteiger partial charge in [0, 0.05) is 17.5 Å². The third kappa shape index (κ3) is 2.89. The van der Waals surface area contributed by atoms with E-state index in [1.165, 1.54) is 0 Å². The van der Waals surface area contributed by atoms with Gasteiger partial charge in [0.25, 0.3) is 0 Å². The van der Waals surface area contributed by atoms with E-state index in [9.17, 15) is 0 Å². The predicted octanol–water partition coefficient (Wildman–Crippen LogP) is 3.24. The highest BCUT2D eigenvalue weighted by Crippen LogP contribution is 2.27. The molecule has 2 aromatic rings. The predicted molar refractivity (Wildman–Crippen MR) is 76.2 cm³/mol. The zero-order chi connectivity index (χ0) is 13.0. The van der Waals surface area contributed by atoms with Crippen LogP contribution in [0.4, 0.5) is 0 Å². The molecule has 0 aliphatic rings. The third-order valence-corrected chi connectivity index (χ3v) is 3.62. The van der Waals surface area contributed by atoms with Crippen LogP contribution >= 0.6 is 11.3 Å². The van der Waals surface area contributed by atoms with Gasteiger partial charge in [0.1, 0.15) is 10.8 Å². The third-order valence-electron chi connectivity index (χ3n) is 2.77.